The number of hydrogen-bond acceptors (Lipinski definition) is 3. The first kappa shape index (κ1) is 13.3. The van der Waals surface area contributed by atoms with Gasteiger partial charge in [0.15, 0.2) is 0 Å². The Morgan fingerprint density at radius 3 is 2.15 bits per heavy atom. The Hall–Kier alpha value is 0.270. The van der Waals surface area contributed by atoms with Gasteiger partial charge in [0.25, 0.3) is 0 Å². The van der Waals surface area contributed by atoms with Crippen LogP contribution in [0.2, 0.25) is 0 Å². The largest absolute Gasteiger partial charge is 0.373 e. The lowest BCUT2D eigenvalue weighted by Crippen LogP contribution is -2.27. The molecule has 2 N–H and O–H groups in total. The van der Waals surface area contributed by atoms with Crippen LogP contribution < -0.4 is 5.73 Å². The van der Waals surface area contributed by atoms with Crippen LogP contribution in [0.25, 0.3) is 0 Å². The van der Waals surface area contributed by atoms with Crippen LogP contribution >= 0.6 is 11.8 Å². The molecule has 13 heavy (non-hydrogen) atoms. The summed E-state index contributed by atoms with van der Waals surface area (Å²) in [5, 5.41) is 0. The van der Waals surface area contributed by atoms with Crippen molar-refractivity contribution in [2.75, 3.05) is 12.3 Å². The molecule has 0 heterocycles. The fourth-order valence-corrected chi connectivity index (χ4v) is 1.67. The van der Waals surface area contributed by atoms with Gasteiger partial charge in [0.1, 0.15) is 0 Å². The van der Waals surface area contributed by atoms with Gasteiger partial charge in [0, 0.05) is 17.0 Å². The number of nitrogens with two attached hydrogens (primary N) is 1. The van der Waals surface area contributed by atoms with Crippen LogP contribution in [0.3, 0.4) is 0 Å². The van der Waals surface area contributed by atoms with Crippen LogP contribution in [0.4, 0.5) is 0 Å². The summed E-state index contributed by atoms with van der Waals surface area (Å²) in [6.07, 6.45) is 0.471. The van der Waals surface area contributed by atoms with E-state index in [9.17, 15) is 0 Å². The summed E-state index contributed by atoms with van der Waals surface area (Å²) in [4.78, 5) is 0. The van der Waals surface area contributed by atoms with Crippen molar-refractivity contribution in [3.8, 4) is 0 Å². The maximum atomic E-state index is 5.65. The molecule has 0 radical (unpaired) electrons. The molecule has 0 rings (SSSR count). The van der Waals surface area contributed by atoms with Crippen LogP contribution in [0.15, 0.2) is 0 Å². The van der Waals surface area contributed by atoms with Crippen molar-refractivity contribution in [3.05, 3.63) is 0 Å². The third-order valence-corrected chi connectivity index (χ3v) is 3.05. The molecule has 0 fully saturated rings. The predicted octanol–water partition coefficient (Wildman–Crippen LogP) is 2.27. The fourth-order valence-electron chi connectivity index (χ4n) is 0.859. The van der Waals surface area contributed by atoms with Crippen molar-refractivity contribution in [1.82, 2.24) is 0 Å². The molecule has 0 aromatic heterocycles. The number of rotatable bonds is 5. The van der Waals surface area contributed by atoms with Gasteiger partial charge in [-0.15, -0.1) is 0 Å². The molecule has 0 saturated carbocycles. The normalized spacial score (nSPS) is 17.1. The van der Waals surface area contributed by atoms with Gasteiger partial charge < -0.3 is 10.5 Å². The monoisotopic (exact) mass is 205 g/mol. The lowest BCUT2D eigenvalue weighted by atomic mass is 10.3. The minimum atomic E-state index is 0.176. The summed E-state index contributed by atoms with van der Waals surface area (Å²) < 4.78 is 5.97. The second-order valence-corrected chi connectivity index (χ2v) is 6.26. The second kappa shape index (κ2) is 5.89. The molecule has 3 heteroatoms. The molecule has 2 atom stereocenters. The van der Waals surface area contributed by atoms with Crippen LogP contribution in [0.5, 0.6) is 0 Å². The molecular formula is C10H23NOS. The zero-order chi connectivity index (χ0) is 10.5. The van der Waals surface area contributed by atoms with Gasteiger partial charge in [-0.1, -0.05) is 20.8 Å². The van der Waals surface area contributed by atoms with E-state index in [0.29, 0.717) is 17.4 Å². The van der Waals surface area contributed by atoms with Crippen molar-refractivity contribution in [1.29, 1.82) is 0 Å². The molecule has 0 bridgehead atoms. The summed E-state index contributed by atoms with van der Waals surface area (Å²) in [5.41, 5.74) is 5.47. The van der Waals surface area contributed by atoms with Crippen LogP contribution in [-0.2, 0) is 4.74 Å². The van der Waals surface area contributed by atoms with E-state index in [1.54, 1.807) is 0 Å². The van der Waals surface area contributed by atoms with Crippen molar-refractivity contribution >= 4 is 11.8 Å². The van der Waals surface area contributed by atoms with E-state index in [1.807, 2.05) is 18.7 Å². The highest BCUT2D eigenvalue weighted by Crippen LogP contribution is 2.24. The third-order valence-electron chi connectivity index (χ3n) is 1.55. The van der Waals surface area contributed by atoms with Gasteiger partial charge in [-0.25, -0.2) is 0 Å². The molecule has 0 aromatic rings. The molecule has 0 amide bonds. The van der Waals surface area contributed by atoms with Crippen molar-refractivity contribution < 1.29 is 4.74 Å². The Bertz CT molecular complexity index is 133. The third kappa shape index (κ3) is 8.60. The van der Waals surface area contributed by atoms with Gasteiger partial charge in [-0.2, -0.15) is 11.8 Å². The number of ether oxygens (including phenoxy) is 1. The van der Waals surface area contributed by atoms with E-state index in [0.717, 1.165) is 5.75 Å². The minimum absolute atomic E-state index is 0.176. The van der Waals surface area contributed by atoms with E-state index in [4.69, 9.17) is 10.5 Å². The van der Waals surface area contributed by atoms with Gasteiger partial charge in [0.2, 0.25) is 0 Å². The molecular weight excluding hydrogens is 182 g/mol. The quantitative estimate of drug-likeness (QED) is 0.748. The van der Waals surface area contributed by atoms with Gasteiger partial charge in [-0.3, -0.25) is 0 Å². The predicted molar refractivity (Wildman–Crippen MR) is 61.3 cm³/mol. The zero-order valence-corrected chi connectivity index (χ0v) is 10.3. The first-order valence-corrected chi connectivity index (χ1v) is 5.83. The van der Waals surface area contributed by atoms with E-state index in [-0.39, 0.29) is 6.10 Å². The molecule has 2 nitrogen and oxygen atoms in total. The van der Waals surface area contributed by atoms with E-state index in [1.165, 1.54) is 0 Å². The Morgan fingerprint density at radius 2 is 1.77 bits per heavy atom. The van der Waals surface area contributed by atoms with Gasteiger partial charge >= 0.3 is 0 Å². The summed E-state index contributed by atoms with van der Waals surface area (Å²) in [5.74, 6) is 1.04. The highest BCUT2D eigenvalue weighted by Gasteiger charge is 2.14. The zero-order valence-electron chi connectivity index (χ0n) is 9.46. The molecule has 0 aliphatic heterocycles. The van der Waals surface area contributed by atoms with E-state index < -0.39 is 0 Å². The molecule has 0 aliphatic carbocycles. The Balaban J connectivity index is 3.57. The molecule has 80 valence electrons. The van der Waals surface area contributed by atoms with E-state index >= 15 is 0 Å². The lowest BCUT2D eigenvalue weighted by Gasteiger charge is -2.22. The SMILES string of the molecule is CC(CN)OC(C)CSC(C)(C)C. The first-order valence-electron chi connectivity index (χ1n) is 4.84. The van der Waals surface area contributed by atoms with Crippen LogP contribution in [0, 0.1) is 0 Å². The minimum Gasteiger partial charge on any atom is -0.373 e. The van der Waals surface area contributed by atoms with Crippen molar-refractivity contribution in [2.45, 2.75) is 51.6 Å². The number of thioether (sulfide) groups is 1. The van der Waals surface area contributed by atoms with Crippen molar-refractivity contribution in [2.24, 2.45) is 5.73 Å². The van der Waals surface area contributed by atoms with E-state index in [2.05, 4.69) is 27.7 Å². The summed E-state index contributed by atoms with van der Waals surface area (Å²) in [7, 11) is 0. The highest BCUT2D eigenvalue weighted by molar-refractivity contribution is 8.00. The highest BCUT2D eigenvalue weighted by atomic mass is 32.2. The number of hydrogen-bond donors (Lipinski definition) is 1. The topological polar surface area (TPSA) is 35.2 Å². The average molecular weight is 205 g/mol. The summed E-state index contributed by atoms with van der Waals surface area (Å²) in [6, 6.07) is 0. The average Bonchev–Trinajstić information content (AvgIpc) is 1.99. The standard InChI is InChI=1S/C10H23NOS/c1-8(6-11)12-9(2)7-13-10(3,4)5/h8-9H,6-7,11H2,1-5H3. The van der Waals surface area contributed by atoms with Crippen LogP contribution in [0.1, 0.15) is 34.6 Å². The first-order chi connectivity index (χ1) is 5.85. The fraction of sp³-hybridized carbons (Fsp3) is 1.00. The smallest absolute Gasteiger partial charge is 0.0673 e. The molecule has 0 aliphatic rings. The molecule has 0 saturated heterocycles. The maximum absolute atomic E-state index is 5.65. The molecule has 0 spiro atoms. The van der Waals surface area contributed by atoms with Gasteiger partial charge in [-0.05, 0) is 13.8 Å². The lowest BCUT2D eigenvalue weighted by molar-refractivity contribution is 0.0268. The summed E-state index contributed by atoms with van der Waals surface area (Å²) in [6.45, 7) is 11.4. The van der Waals surface area contributed by atoms with Gasteiger partial charge in [0.05, 0.1) is 12.2 Å². The Kier molecular flexibility index (Phi) is 6.01. The van der Waals surface area contributed by atoms with Crippen LogP contribution in [-0.4, -0.2) is 29.3 Å². The molecule has 2 unspecified atom stereocenters. The Morgan fingerprint density at radius 1 is 1.23 bits per heavy atom. The molecule has 0 aromatic carbocycles. The maximum Gasteiger partial charge on any atom is 0.0673 e. The van der Waals surface area contributed by atoms with Crippen molar-refractivity contribution in [3.63, 3.8) is 0 Å². The summed E-state index contributed by atoms with van der Waals surface area (Å²) >= 11 is 1.93. The second-order valence-electron chi connectivity index (χ2n) is 4.42. The Labute approximate surface area is 86.6 Å².